The van der Waals surface area contributed by atoms with Crippen LogP contribution in [0.3, 0.4) is 0 Å². The molecule has 0 bridgehead atoms. The zero-order valence-electron chi connectivity index (χ0n) is 12.0. The molecule has 106 valence electrons. The first-order valence-electron chi connectivity index (χ1n) is 6.92. The number of carbonyl (C=O) groups excluding carboxylic acids is 1. The van der Waals surface area contributed by atoms with Crippen LogP contribution in [0, 0.1) is 0 Å². The minimum atomic E-state index is 0.00274. The second kappa shape index (κ2) is 8.53. The van der Waals surface area contributed by atoms with Gasteiger partial charge < -0.3 is 15.4 Å². The lowest BCUT2D eigenvalue weighted by atomic mass is 10.2. The maximum atomic E-state index is 11.8. The molecule has 0 saturated carbocycles. The van der Waals surface area contributed by atoms with Crippen molar-refractivity contribution in [2.24, 2.45) is 0 Å². The first-order chi connectivity index (χ1) is 9.17. The highest BCUT2D eigenvalue weighted by molar-refractivity contribution is 5.92. The van der Waals surface area contributed by atoms with Crippen LogP contribution in [-0.2, 0) is 4.79 Å². The van der Waals surface area contributed by atoms with E-state index in [0.717, 1.165) is 12.1 Å². The Balaban J connectivity index is 2.43. The zero-order chi connectivity index (χ0) is 14.1. The molecular formula is C15H24N2O2. The highest BCUT2D eigenvalue weighted by atomic mass is 16.5. The van der Waals surface area contributed by atoms with Crippen molar-refractivity contribution < 1.29 is 9.53 Å². The molecule has 2 N–H and O–H groups in total. The van der Waals surface area contributed by atoms with Gasteiger partial charge in [-0.3, -0.25) is 4.79 Å². The first kappa shape index (κ1) is 15.5. The molecule has 1 aromatic carbocycles. The fourth-order valence-electron chi connectivity index (χ4n) is 1.64. The second-order valence-electron chi connectivity index (χ2n) is 4.49. The predicted molar refractivity (Wildman–Crippen MR) is 78.6 cm³/mol. The lowest BCUT2D eigenvalue weighted by Crippen LogP contribution is -2.29. The number of ether oxygens (including phenoxy) is 1. The smallest absolute Gasteiger partial charge is 0.225 e. The standard InChI is InChI=1S/C15H24N2O2/c1-4-12(3)16-11-10-15(18)17-13-8-6-7-9-14(13)19-5-2/h6-9,12,16H,4-5,10-11H2,1-3H3,(H,17,18). The van der Waals surface area contributed by atoms with E-state index in [0.29, 0.717) is 31.4 Å². The average Bonchev–Trinajstić information content (AvgIpc) is 2.41. The Morgan fingerprint density at radius 2 is 2.05 bits per heavy atom. The fraction of sp³-hybridized carbons (Fsp3) is 0.533. The Hall–Kier alpha value is -1.55. The molecule has 4 nitrogen and oxygen atoms in total. The van der Waals surface area contributed by atoms with Crippen molar-refractivity contribution in [3.8, 4) is 5.75 Å². The Bertz CT molecular complexity index is 393. The first-order valence-corrected chi connectivity index (χ1v) is 6.92. The Morgan fingerprint density at radius 3 is 2.74 bits per heavy atom. The second-order valence-corrected chi connectivity index (χ2v) is 4.49. The van der Waals surface area contributed by atoms with E-state index in [4.69, 9.17) is 4.74 Å². The van der Waals surface area contributed by atoms with E-state index in [-0.39, 0.29) is 5.91 Å². The summed E-state index contributed by atoms with van der Waals surface area (Å²) in [5.41, 5.74) is 0.734. The molecule has 1 rings (SSSR count). The topological polar surface area (TPSA) is 50.4 Å². The molecule has 0 heterocycles. The van der Waals surface area contributed by atoms with Crippen LogP contribution in [0.5, 0.6) is 5.75 Å². The highest BCUT2D eigenvalue weighted by Crippen LogP contribution is 2.23. The number of anilines is 1. The molecular weight excluding hydrogens is 240 g/mol. The fourth-order valence-corrected chi connectivity index (χ4v) is 1.64. The van der Waals surface area contributed by atoms with Gasteiger partial charge in [-0.1, -0.05) is 19.1 Å². The third-order valence-corrected chi connectivity index (χ3v) is 2.92. The zero-order valence-corrected chi connectivity index (χ0v) is 12.0. The molecule has 1 atom stereocenters. The van der Waals surface area contributed by atoms with Crippen molar-refractivity contribution in [2.45, 2.75) is 39.7 Å². The number of nitrogens with one attached hydrogen (secondary N) is 2. The lowest BCUT2D eigenvalue weighted by Gasteiger charge is -2.13. The van der Waals surface area contributed by atoms with Gasteiger partial charge in [0, 0.05) is 19.0 Å². The van der Waals surface area contributed by atoms with E-state index in [1.165, 1.54) is 0 Å². The van der Waals surface area contributed by atoms with Crippen LogP contribution in [0.2, 0.25) is 0 Å². The molecule has 0 aromatic heterocycles. The molecule has 0 radical (unpaired) electrons. The third kappa shape index (κ3) is 5.75. The number of hydrogen-bond donors (Lipinski definition) is 2. The summed E-state index contributed by atoms with van der Waals surface area (Å²) in [6.07, 6.45) is 1.53. The Morgan fingerprint density at radius 1 is 1.32 bits per heavy atom. The summed E-state index contributed by atoms with van der Waals surface area (Å²) in [6.45, 7) is 7.44. The minimum Gasteiger partial charge on any atom is -0.492 e. The van der Waals surface area contributed by atoms with Gasteiger partial charge in [0.25, 0.3) is 0 Å². The van der Waals surface area contributed by atoms with Crippen molar-refractivity contribution in [3.63, 3.8) is 0 Å². The molecule has 1 amide bonds. The molecule has 0 saturated heterocycles. The van der Waals surface area contributed by atoms with Gasteiger partial charge in [-0.2, -0.15) is 0 Å². The molecule has 1 unspecified atom stereocenters. The lowest BCUT2D eigenvalue weighted by molar-refractivity contribution is -0.116. The summed E-state index contributed by atoms with van der Waals surface area (Å²) in [6, 6.07) is 7.94. The minimum absolute atomic E-state index is 0.00274. The van der Waals surface area contributed by atoms with Crippen LogP contribution in [0.4, 0.5) is 5.69 Å². The third-order valence-electron chi connectivity index (χ3n) is 2.92. The number of hydrogen-bond acceptors (Lipinski definition) is 3. The Kier molecular flexibility index (Phi) is 6.97. The van der Waals surface area contributed by atoms with Gasteiger partial charge in [-0.25, -0.2) is 0 Å². The molecule has 4 heteroatoms. The molecule has 0 aliphatic rings. The summed E-state index contributed by atoms with van der Waals surface area (Å²) in [7, 11) is 0. The number of para-hydroxylation sites is 2. The van der Waals surface area contributed by atoms with Gasteiger partial charge >= 0.3 is 0 Å². The van der Waals surface area contributed by atoms with Gasteiger partial charge in [0.1, 0.15) is 5.75 Å². The van der Waals surface area contributed by atoms with Crippen LogP contribution < -0.4 is 15.4 Å². The molecule has 0 fully saturated rings. The molecule has 0 aliphatic heterocycles. The number of carbonyl (C=O) groups is 1. The van der Waals surface area contributed by atoms with Crippen molar-refractivity contribution in [1.82, 2.24) is 5.32 Å². The van der Waals surface area contributed by atoms with E-state index in [9.17, 15) is 4.79 Å². The molecule has 19 heavy (non-hydrogen) atoms. The number of benzene rings is 1. The summed E-state index contributed by atoms with van der Waals surface area (Å²) in [4.78, 5) is 11.8. The monoisotopic (exact) mass is 264 g/mol. The van der Waals surface area contributed by atoms with Gasteiger partial charge in [-0.05, 0) is 32.4 Å². The summed E-state index contributed by atoms with van der Waals surface area (Å²) in [5, 5.41) is 6.18. The normalized spacial score (nSPS) is 11.9. The number of rotatable bonds is 8. The van der Waals surface area contributed by atoms with Crippen molar-refractivity contribution in [2.75, 3.05) is 18.5 Å². The van der Waals surface area contributed by atoms with E-state index in [2.05, 4.69) is 24.5 Å². The van der Waals surface area contributed by atoms with E-state index >= 15 is 0 Å². The average molecular weight is 264 g/mol. The maximum absolute atomic E-state index is 11.8. The summed E-state index contributed by atoms with van der Waals surface area (Å²) >= 11 is 0. The van der Waals surface area contributed by atoms with Crippen LogP contribution >= 0.6 is 0 Å². The van der Waals surface area contributed by atoms with Gasteiger partial charge in [0.2, 0.25) is 5.91 Å². The van der Waals surface area contributed by atoms with Crippen LogP contribution in [-0.4, -0.2) is 25.1 Å². The van der Waals surface area contributed by atoms with Gasteiger partial charge in [0.05, 0.1) is 12.3 Å². The van der Waals surface area contributed by atoms with E-state index in [1.807, 2.05) is 31.2 Å². The van der Waals surface area contributed by atoms with Gasteiger partial charge in [0.15, 0.2) is 0 Å². The molecule has 0 spiro atoms. The van der Waals surface area contributed by atoms with Crippen LogP contribution in [0.1, 0.15) is 33.6 Å². The quantitative estimate of drug-likeness (QED) is 0.759. The van der Waals surface area contributed by atoms with Gasteiger partial charge in [-0.15, -0.1) is 0 Å². The summed E-state index contributed by atoms with van der Waals surface area (Å²) < 4.78 is 5.47. The van der Waals surface area contributed by atoms with Crippen LogP contribution in [0.15, 0.2) is 24.3 Å². The SMILES string of the molecule is CCOc1ccccc1NC(=O)CCNC(C)CC. The molecule has 1 aromatic rings. The van der Waals surface area contributed by atoms with E-state index in [1.54, 1.807) is 0 Å². The van der Waals surface area contributed by atoms with Crippen LogP contribution in [0.25, 0.3) is 0 Å². The highest BCUT2D eigenvalue weighted by Gasteiger charge is 2.07. The van der Waals surface area contributed by atoms with Crippen molar-refractivity contribution in [1.29, 1.82) is 0 Å². The van der Waals surface area contributed by atoms with E-state index < -0.39 is 0 Å². The Labute approximate surface area is 115 Å². The maximum Gasteiger partial charge on any atom is 0.225 e. The largest absolute Gasteiger partial charge is 0.492 e. The van der Waals surface area contributed by atoms with Crippen molar-refractivity contribution >= 4 is 11.6 Å². The predicted octanol–water partition coefficient (Wildman–Crippen LogP) is 2.80. The number of amides is 1. The summed E-state index contributed by atoms with van der Waals surface area (Å²) in [5.74, 6) is 0.719. The molecule has 0 aliphatic carbocycles. The van der Waals surface area contributed by atoms with Crippen molar-refractivity contribution in [3.05, 3.63) is 24.3 Å².